The van der Waals surface area contributed by atoms with Gasteiger partial charge < -0.3 is 15.2 Å². The second kappa shape index (κ2) is 9.07. The third-order valence-electron chi connectivity index (χ3n) is 6.33. The first-order valence-electron chi connectivity index (χ1n) is 10.4. The van der Waals surface area contributed by atoms with Crippen molar-refractivity contribution in [1.82, 2.24) is 10.2 Å². The van der Waals surface area contributed by atoms with Gasteiger partial charge in [0.15, 0.2) is 0 Å². The molecule has 2 fully saturated rings. The van der Waals surface area contributed by atoms with Crippen LogP contribution in [0.25, 0.3) is 0 Å². The number of nitrogens with zero attached hydrogens (tertiary/aromatic N) is 1. The zero-order valence-electron chi connectivity index (χ0n) is 16.7. The van der Waals surface area contributed by atoms with Crippen molar-refractivity contribution in [3.05, 3.63) is 29.8 Å². The summed E-state index contributed by atoms with van der Waals surface area (Å²) in [4.78, 5) is 14.8. The molecule has 2 aliphatic rings. The first-order chi connectivity index (χ1) is 13.1. The van der Waals surface area contributed by atoms with Crippen LogP contribution in [0.15, 0.2) is 24.3 Å². The summed E-state index contributed by atoms with van der Waals surface area (Å²) in [7, 11) is 1.69. The molecule has 1 aromatic rings. The fourth-order valence-corrected chi connectivity index (χ4v) is 4.89. The Kier molecular flexibility index (Phi) is 6.77. The number of amides is 1. The molecule has 1 aromatic carbocycles. The van der Waals surface area contributed by atoms with Crippen molar-refractivity contribution in [1.29, 1.82) is 0 Å². The Balaban J connectivity index is 1.86. The number of unbranched alkanes of at least 4 members (excludes halogenated alkanes) is 1. The number of rotatable bonds is 7. The molecule has 1 aliphatic carbocycles. The Morgan fingerprint density at radius 2 is 2.15 bits per heavy atom. The summed E-state index contributed by atoms with van der Waals surface area (Å²) in [5.41, 5.74) is 0.463. The molecule has 150 valence electrons. The van der Waals surface area contributed by atoms with Crippen LogP contribution in [0.4, 0.5) is 0 Å². The zero-order chi connectivity index (χ0) is 19.3. The minimum absolute atomic E-state index is 0.0112. The lowest BCUT2D eigenvalue weighted by Gasteiger charge is -2.52. The van der Waals surface area contributed by atoms with Crippen molar-refractivity contribution in [2.45, 2.75) is 63.5 Å². The highest BCUT2D eigenvalue weighted by Gasteiger charge is 2.49. The lowest BCUT2D eigenvalue weighted by molar-refractivity contribution is -0.138. The van der Waals surface area contributed by atoms with Crippen LogP contribution in [0.5, 0.6) is 5.75 Å². The van der Waals surface area contributed by atoms with E-state index in [1.807, 2.05) is 18.2 Å². The smallest absolute Gasteiger partial charge is 0.234 e. The van der Waals surface area contributed by atoms with E-state index in [-0.39, 0.29) is 17.9 Å². The number of para-hydroxylation sites is 1. The summed E-state index contributed by atoms with van der Waals surface area (Å²) in [6.07, 6.45) is 6.89. The topological polar surface area (TPSA) is 61.8 Å². The standard InChI is InChI=1S/C22H34N2O3/c1-3-4-14-23-20(25)16-24-15-13-22(26)12-8-7-10-18(22)21(24)17-9-5-6-11-19(17)27-2/h5-6,9,11,18,21,26H,3-4,7-8,10,12-16H2,1-2H3,(H,23,25)/t18-,21-,22+/m0/s1. The monoisotopic (exact) mass is 374 g/mol. The normalized spacial score (nSPS) is 28.4. The summed E-state index contributed by atoms with van der Waals surface area (Å²) >= 11 is 0. The quantitative estimate of drug-likeness (QED) is 0.719. The van der Waals surface area contributed by atoms with Crippen molar-refractivity contribution in [2.24, 2.45) is 5.92 Å². The fourth-order valence-electron chi connectivity index (χ4n) is 4.89. The van der Waals surface area contributed by atoms with E-state index >= 15 is 0 Å². The number of aliphatic hydroxyl groups is 1. The SMILES string of the molecule is CCCCNC(=O)CN1CC[C@]2(O)CCCC[C@H]2[C@@H]1c1ccccc1OC. The van der Waals surface area contributed by atoms with E-state index in [2.05, 4.69) is 23.2 Å². The average Bonchev–Trinajstić information content (AvgIpc) is 2.68. The summed E-state index contributed by atoms with van der Waals surface area (Å²) < 4.78 is 5.64. The lowest BCUT2D eigenvalue weighted by Crippen LogP contribution is -2.56. The fraction of sp³-hybridized carbons (Fsp3) is 0.682. The molecule has 0 unspecified atom stereocenters. The van der Waals surface area contributed by atoms with Crippen LogP contribution in [0.3, 0.4) is 0 Å². The highest BCUT2D eigenvalue weighted by molar-refractivity contribution is 5.78. The van der Waals surface area contributed by atoms with Crippen molar-refractivity contribution in [3.63, 3.8) is 0 Å². The van der Waals surface area contributed by atoms with Gasteiger partial charge in [-0.2, -0.15) is 0 Å². The molecule has 3 atom stereocenters. The summed E-state index contributed by atoms with van der Waals surface area (Å²) in [5, 5.41) is 14.4. The predicted molar refractivity (Wildman–Crippen MR) is 107 cm³/mol. The van der Waals surface area contributed by atoms with Crippen LogP contribution < -0.4 is 10.1 Å². The summed E-state index contributed by atoms with van der Waals surface area (Å²) in [6.45, 7) is 3.96. The molecule has 0 spiro atoms. The maximum atomic E-state index is 12.5. The average molecular weight is 375 g/mol. The number of carbonyl (C=O) groups is 1. The molecule has 0 bridgehead atoms. The molecule has 27 heavy (non-hydrogen) atoms. The van der Waals surface area contributed by atoms with E-state index < -0.39 is 5.60 Å². The Morgan fingerprint density at radius 3 is 2.93 bits per heavy atom. The van der Waals surface area contributed by atoms with Crippen LogP contribution in [0.1, 0.15) is 63.5 Å². The maximum absolute atomic E-state index is 12.5. The molecule has 3 rings (SSSR count). The van der Waals surface area contributed by atoms with Crippen molar-refractivity contribution in [2.75, 3.05) is 26.7 Å². The second-order valence-electron chi connectivity index (χ2n) is 8.07. The number of nitrogens with one attached hydrogen (secondary N) is 1. The molecule has 0 aromatic heterocycles. The lowest BCUT2D eigenvalue weighted by atomic mass is 9.66. The van der Waals surface area contributed by atoms with E-state index in [1.165, 1.54) is 0 Å². The number of ether oxygens (including phenoxy) is 1. The number of fused-ring (bicyclic) bond motifs is 1. The molecule has 1 heterocycles. The van der Waals surface area contributed by atoms with Crippen molar-refractivity contribution < 1.29 is 14.6 Å². The van der Waals surface area contributed by atoms with Gasteiger partial charge in [-0.15, -0.1) is 0 Å². The van der Waals surface area contributed by atoms with Gasteiger partial charge >= 0.3 is 0 Å². The van der Waals surface area contributed by atoms with E-state index in [0.29, 0.717) is 6.54 Å². The van der Waals surface area contributed by atoms with E-state index in [4.69, 9.17) is 4.74 Å². The van der Waals surface area contributed by atoms with Gasteiger partial charge in [0.1, 0.15) is 5.75 Å². The number of methoxy groups -OCH3 is 1. The number of carbonyl (C=O) groups excluding carboxylic acids is 1. The van der Waals surface area contributed by atoms with E-state index in [9.17, 15) is 9.90 Å². The van der Waals surface area contributed by atoms with E-state index in [0.717, 1.165) is 69.3 Å². The van der Waals surface area contributed by atoms with E-state index in [1.54, 1.807) is 7.11 Å². The predicted octanol–water partition coefficient (Wildman–Crippen LogP) is 3.28. The molecule has 2 N–H and O–H groups in total. The number of benzene rings is 1. The number of piperidine rings is 1. The molecule has 1 saturated heterocycles. The van der Waals surface area contributed by atoms with Gasteiger partial charge in [-0.1, -0.05) is 44.4 Å². The minimum Gasteiger partial charge on any atom is -0.496 e. The third-order valence-corrected chi connectivity index (χ3v) is 6.33. The Labute approximate surface area is 163 Å². The molecule has 5 heteroatoms. The molecule has 1 amide bonds. The Bertz CT molecular complexity index is 636. The van der Waals surface area contributed by atoms with Crippen LogP contribution >= 0.6 is 0 Å². The van der Waals surface area contributed by atoms with Gasteiger partial charge in [-0.25, -0.2) is 0 Å². The van der Waals surface area contributed by atoms with Gasteiger partial charge in [0.25, 0.3) is 0 Å². The van der Waals surface area contributed by atoms with Crippen LogP contribution in [0.2, 0.25) is 0 Å². The van der Waals surface area contributed by atoms with Crippen molar-refractivity contribution >= 4 is 5.91 Å². The Hall–Kier alpha value is -1.59. The molecular weight excluding hydrogens is 340 g/mol. The summed E-state index contributed by atoms with van der Waals surface area (Å²) in [5.74, 6) is 1.05. The number of hydrogen-bond donors (Lipinski definition) is 2. The van der Waals surface area contributed by atoms with Gasteiger partial charge in [-0.05, 0) is 31.7 Å². The first-order valence-corrected chi connectivity index (χ1v) is 10.4. The highest BCUT2D eigenvalue weighted by atomic mass is 16.5. The molecule has 0 radical (unpaired) electrons. The molecular formula is C22H34N2O3. The highest BCUT2D eigenvalue weighted by Crippen LogP contribution is 2.50. The van der Waals surface area contributed by atoms with Crippen molar-refractivity contribution in [3.8, 4) is 5.75 Å². The van der Waals surface area contributed by atoms with Crippen LogP contribution in [-0.4, -0.2) is 48.3 Å². The number of hydrogen-bond acceptors (Lipinski definition) is 4. The number of likely N-dealkylation sites (tertiary alicyclic amines) is 1. The summed E-state index contributed by atoms with van der Waals surface area (Å²) in [6, 6.07) is 8.07. The molecule has 1 saturated carbocycles. The second-order valence-corrected chi connectivity index (χ2v) is 8.07. The molecule has 1 aliphatic heterocycles. The van der Waals surface area contributed by atoms with Gasteiger partial charge in [0, 0.05) is 30.6 Å². The molecule has 5 nitrogen and oxygen atoms in total. The first kappa shape index (κ1) is 20.2. The van der Waals surface area contributed by atoms with Gasteiger partial charge in [0.2, 0.25) is 5.91 Å². The van der Waals surface area contributed by atoms with Gasteiger partial charge in [-0.3, -0.25) is 9.69 Å². The van der Waals surface area contributed by atoms with Crippen LogP contribution in [0, 0.1) is 5.92 Å². The minimum atomic E-state index is -0.626. The van der Waals surface area contributed by atoms with Crippen LogP contribution in [-0.2, 0) is 4.79 Å². The van der Waals surface area contributed by atoms with Gasteiger partial charge in [0.05, 0.1) is 19.3 Å². The third kappa shape index (κ3) is 4.46. The zero-order valence-corrected chi connectivity index (χ0v) is 16.7. The largest absolute Gasteiger partial charge is 0.496 e. The Morgan fingerprint density at radius 1 is 1.33 bits per heavy atom. The maximum Gasteiger partial charge on any atom is 0.234 e.